The van der Waals surface area contributed by atoms with Crippen molar-refractivity contribution in [2.45, 2.75) is 32.8 Å². The third-order valence-electron chi connectivity index (χ3n) is 3.58. The first kappa shape index (κ1) is 12.7. The molecule has 3 rings (SSSR count). The number of ether oxygens (including phenoxy) is 2. The number of carbonyl (C=O) groups is 1. The topological polar surface area (TPSA) is 61.3 Å². The Morgan fingerprint density at radius 1 is 1.32 bits per heavy atom. The van der Waals surface area contributed by atoms with Crippen molar-refractivity contribution in [2.75, 3.05) is 19.8 Å². The van der Waals surface area contributed by atoms with Crippen molar-refractivity contribution in [3.8, 4) is 0 Å². The highest BCUT2D eigenvalue weighted by Crippen LogP contribution is 2.34. The fourth-order valence-corrected chi connectivity index (χ4v) is 2.64. The molecule has 2 heterocycles. The molecule has 0 amide bonds. The van der Waals surface area contributed by atoms with Crippen LogP contribution in [-0.4, -0.2) is 35.6 Å². The number of hydrogen-bond donors (Lipinski definition) is 0. The zero-order chi connectivity index (χ0) is 13.5. The molecule has 1 fully saturated rings. The molecule has 0 spiro atoms. The summed E-state index contributed by atoms with van der Waals surface area (Å²) in [4.78, 5) is 20.9. The minimum Gasteiger partial charge on any atom is -0.376 e. The highest BCUT2D eigenvalue weighted by Gasteiger charge is 2.33. The molecule has 102 valence electrons. The number of hydrogen-bond acceptors (Lipinski definition) is 5. The van der Waals surface area contributed by atoms with Gasteiger partial charge in [0.25, 0.3) is 0 Å². The lowest BCUT2D eigenvalue weighted by atomic mass is 9.76. The van der Waals surface area contributed by atoms with Gasteiger partial charge in [0, 0.05) is 12.6 Å². The normalized spacial score (nSPS) is 26.0. The third-order valence-corrected chi connectivity index (χ3v) is 3.58. The van der Waals surface area contributed by atoms with Crippen LogP contribution in [0.5, 0.6) is 0 Å². The average Bonchev–Trinajstić information content (AvgIpc) is 2.37. The molecule has 0 N–H and O–H groups in total. The quantitative estimate of drug-likeness (QED) is 0.771. The Bertz CT molecular complexity index is 507. The van der Waals surface area contributed by atoms with Gasteiger partial charge in [-0.1, -0.05) is 13.8 Å². The molecule has 0 radical (unpaired) electrons. The highest BCUT2D eigenvalue weighted by molar-refractivity contribution is 5.98. The highest BCUT2D eigenvalue weighted by atomic mass is 16.6. The van der Waals surface area contributed by atoms with Crippen LogP contribution in [0.2, 0.25) is 0 Å². The van der Waals surface area contributed by atoms with Gasteiger partial charge in [0.2, 0.25) is 0 Å². The molecule has 1 atom stereocenters. The molecule has 1 aromatic rings. The Morgan fingerprint density at radius 2 is 2.16 bits per heavy atom. The second kappa shape index (κ2) is 4.65. The van der Waals surface area contributed by atoms with Crippen LogP contribution in [-0.2, 0) is 15.9 Å². The van der Waals surface area contributed by atoms with E-state index in [9.17, 15) is 4.79 Å². The van der Waals surface area contributed by atoms with Gasteiger partial charge >= 0.3 is 0 Å². The van der Waals surface area contributed by atoms with E-state index in [4.69, 9.17) is 9.47 Å². The van der Waals surface area contributed by atoms with Gasteiger partial charge in [-0.3, -0.25) is 4.79 Å². The first-order valence-corrected chi connectivity index (χ1v) is 6.63. The van der Waals surface area contributed by atoms with Gasteiger partial charge in [0.1, 0.15) is 6.10 Å². The van der Waals surface area contributed by atoms with Gasteiger partial charge in [-0.05, 0) is 11.8 Å². The van der Waals surface area contributed by atoms with Crippen molar-refractivity contribution in [2.24, 2.45) is 5.41 Å². The van der Waals surface area contributed by atoms with E-state index in [1.54, 1.807) is 6.20 Å². The molecule has 1 saturated heterocycles. The zero-order valence-corrected chi connectivity index (χ0v) is 11.3. The van der Waals surface area contributed by atoms with Crippen LogP contribution < -0.4 is 0 Å². The summed E-state index contributed by atoms with van der Waals surface area (Å²) in [6.07, 6.45) is 2.80. The van der Waals surface area contributed by atoms with Gasteiger partial charge in [-0.15, -0.1) is 0 Å². The van der Waals surface area contributed by atoms with E-state index in [2.05, 4.69) is 23.8 Å². The third kappa shape index (κ3) is 2.53. The molecule has 2 aliphatic rings. The average molecular weight is 262 g/mol. The molecule has 0 aromatic carbocycles. The molecule has 1 aromatic heterocycles. The van der Waals surface area contributed by atoms with Crippen LogP contribution in [0.1, 0.15) is 48.2 Å². The van der Waals surface area contributed by atoms with E-state index in [0.29, 0.717) is 37.6 Å². The summed E-state index contributed by atoms with van der Waals surface area (Å²) < 4.78 is 11.0. The molecule has 19 heavy (non-hydrogen) atoms. The molecule has 1 aliphatic carbocycles. The Hall–Kier alpha value is -1.33. The lowest BCUT2D eigenvalue weighted by Crippen LogP contribution is -2.30. The van der Waals surface area contributed by atoms with E-state index in [0.717, 1.165) is 12.1 Å². The van der Waals surface area contributed by atoms with Crippen LogP contribution in [0.15, 0.2) is 6.20 Å². The molecule has 1 unspecified atom stereocenters. The maximum absolute atomic E-state index is 12.1. The molecular formula is C14H18N2O3. The fraction of sp³-hybridized carbons (Fsp3) is 0.643. The van der Waals surface area contributed by atoms with Crippen LogP contribution in [0, 0.1) is 5.41 Å². The van der Waals surface area contributed by atoms with E-state index in [-0.39, 0.29) is 17.3 Å². The van der Waals surface area contributed by atoms with Crippen molar-refractivity contribution >= 4 is 5.78 Å². The van der Waals surface area contributed by atoms with E-state index >= 15 is 0 Å². The second-order valence-corrected chi connectivity index (χ2v) is 5.96. The summed E-state index contributed by atoms with van der Waals surface area (Å²) in [6, 6.07) is 0. The summed E-state index contributed by atoms with van der Waals surface area (Å²) in [7, 11) is 0. The van der Waals surface area contributed by atoms with Gasteiger partial charge in [0.05, 0.1) is 31.1 Å². The molecular weight excluding hydrogens is 244 g/mol. The van der Waals surface area contributed by atoms with Gasteiger partial charge < -0.3 is 9.47 Å². The Labute approximate surface area is 112 Å². The fourth-order valence-electron chi connectivity index (χ4n) is 2.64. The van der Waals surface area contributed by atoms with Crippen LogP contribution in [0.3, 0.4) is 0 Å². The van der Waals surface area contributed by atoms with Crippen molar-refractivity contribution < 1.29 is 14.3 Å². The van der Waals surface area contributed by atoms with Crippen molar-refractivity contribution in [3.05, 3.63) is 23.3 Å². The zero-order valence-electron chi connectivity index (χ0n) is 11.3. The SMILES string of the molecule is CC1(C)CC(=O)c2cnc(C3COCCO3)nc2C1. The molecule has 0 saturated carbocycles. The number of nitrogens with zero attached hydrogens (tertiary/aromatic N) is 2. The summed E-state index contributed by atoms with van der Waals surface area (Å²) >= 11 is 0. The monoisotopic (exact) mass is 262 g/mol. The summed E-state index contributed by atoms with van der Waals surface area (Å²) in [5.41, 5.74) is 1.49. The first-order valence-electron chi connectivity index (χ1n) is 6.63. The Morgan fingerprint density at radius 3 is 2.89 bits per heavy atom. The lowest BCUT2D eigenvalue weighted by molar-refractivity contribution is -0.0936. The van der Waals surface area contributed by atoms with Crippen molar-refractivity contribution in [3.63, 3.8) is 0 Å². The number of Topliss-reactive ketones (excluding diaryl/α,β-unsaturated/α-hetero) is 1. The number of carbonyl (C=O) groups excluding carboxylic acids is 1. The van der Waals surface area contributed by atoms with E-state index in [1.165, 1.54) is 0 Å². The van der Waals surface area contributed by atoms with Crippen molar-refractivity contribution in [1.82, 2.24) is 9.97 Å². The van der Waals surface area contributed by atoms with Crippen molar-refractivity contribution in [1.29, 1.82) is 0 Å². The predicted molar refractivity (Wildman–Crippen MR) is 68.0 cm³/mol. The smallest absolute Gasteiger partial charge is 0.166 e. The van der Waals surface area contributed by atoms with Gasteiger partial charge in [-0.25, -0.2) is 9.97 Å². The van der Waals surface area contributed by atoms with Gasteiger partial charge in [0.15, 0.2) is 11.6 Å². The second-order valence-electron chi connectivity index (χ2n) is 5.96. The van der Waals surface area contributed by atoms with Gasteiger partial charge in [-0.2, -0.15) is 0 Å². The largest absolute Gasteiger partial charge is 0.376 e. The first-order chi connectivity index (χ1) is 9.05. The predicted octanol–water partition coefficient (Wildman–Crippen LogP) is 1.72. The standard InChI is InChI=1S/C14H18N2O3/c1-14(2)5-10-9(11(17)6-14)7-15-13(16-10)12-8-18-3-4-19-12/h7,12H,3-6,8H2,1-2H3. The molecule has 5 heteroatoms. The Balaban J connectivity index is 1.92. The maximum Gasteiger partial charge on any atom is 0.166 e. The number of rotatable bonds is 1. The minimum atomic E-state index is -0.209. The summed E-state index contributed by atoms with van der Waals surface area (Å²) in [5.74, 6) is 0.766. The molecule has 5 nitrogen and oxygen atoms in total. The molecule has 0 bridgehead atoms. The Kier molecular flexibility index (Phi) is 3.11. The number of aromatic nitrogens is 2. The number of fused-ring (bicyclic) bond motifs is 1. The van der Waals surface area contributed by atoms with Crippen LogP contribution >= 0.6 is 0 Å². The number of ketones is 1. The van der Waals surface area contributed by atoms with E-state index < -0.39 is 0 Å². The maximum atomic E-state index is 12.1. The summed E-state index contributed by atoms with van der Waals surface area (Å²) in [5, 5.41) is 0. The van der Waals surface area contributed by atoms with Crippen LogP contribution in [0.25, 0.3) is 0 Å². The van der Waals surface area contributed by atoms with Crippen LogP contribution in [0.4, 0.5) is 0 Å². The van der Waals surface area contributed by atoms with E-state index in [1.807, 2.05) is 0 Å². The summed E-state index contributed by atoms with van der Waals surface area (Å²) in [6.45, 7) is 5.85. The minimum absolute atomic E-state index is 0.0281. The molecule has 1 aliphatic heterocycles. The lowest BCUT2D eigenvalue weighted by Gasteiger charge is -2.30.